The van der Waals surface area contributed by atoms with Gasteiger partial charge in [-0.1, -0.05) is 48.0 Å². The molecular weight excluding hydrogens is 286 g/mol. The van der Waals surface area contributed by atoms with E-state index in [0.717, 1.165) is 28.3 Å². The van der Waals surface area contributed by atoms with Crippen LogP contribution in [-0.2, 0) is 17.8 Å². The third-order valence-electron chi connectivity index (χ3n) is 3.34. The van der Waals surface area contributed by atoms with Crippen molar-refractivity contribution < 1.29 is 9.90 Å². The highest BCUT2D eigenvalue weighted by atomic mass is 35.5. The summed E-state index contributed by atoms with van der Waals surface area (Å²) in [5.74, 6) is -0.810. The molecule has 0 unspecified atom stereocenters. The number of hydrogen-bond donors (Lipinski definition) is 2. The molecule has 0 bridgehead atoms. The highest BCUT2D eigenvalue weighted by molar-refractivity contribution is 6.30. The Balaban J connectivity index is 1.92. The van der Waals surface area contributed by atoms with Crippen LogP contribution < -0.4 is 5.32 Å². The normalized spacial score (nSPS) is 12.1. The minimum absolute atomic E-state index is 0.0621. The summed E-state index contributed by atoms with van der Waals surface area (Å²) in [6, 6.07) is 15.6. The number of aliphatic carboxylic acids is 1. The monoisotopic (exact) mass is 303 g/mol. The van der Waals surface area contributed by atoms with Crippen LogP contribution >= 0.6 is 11.6 Å². The molecule has 2 aromatic rings. The summed E-state index contributed by atoms with van der Waals surface area (Å²) in [5.41, 5.74) is 3.08. The summed E-state index contributed by atoms with van der Waals surface area (Å²) >= 11 is 5.99. The number of hydrogen-bond acceptors (Lipinski definition) is 2. The number of halogens is 1. The minimum Gasteiger partial charge on any atom is -0.481 e. The highest BCUT2D eigenvalue weighted by Gasteiger charge is 2.06. The van der Waals surface area contributed by atoms with Crippen LogP contribution in [0.15, 0.2) is 48.5 Å². The molecule has 21 heavy (non-hydrogen) atoms. The van der Waals surface area contributed by atoms with E-state index >= 15 is 0 Å². The average molecular weight is 304 g/mol. The van der Waals surface area contributed by atoms with Gasteiger partial charge >= 0.3 is 5.97 Å². The summed E-state index contributed by atoms with van der Waals surface area (Å²) in [5, 5.41) is 12.9. The standard InChI is InChI=1S/C17H18ClNO2/c1-12(15-3-2-4-16(18)10-15)19-11-14-7-5-13(6-8-14)9-17(20)21/h2-8,10,12,19H,9,11H2,1H3,(H,20,21)/t12-/m1/s1. The molecule has 0 heterocycles. The first-order chi connectivity index (χ1) is 10.0. The topological polar surface area (TPSA) is 49.3 Å². The summed E-state index contributed by atoms with van der Waals surface area (Å²) in [6.45, 7) is 2.81. The molecule has 0 fully saturated rings. The average Bonchev–Trinajstić information content (AvgIpc) is 2.45. The number of nitrogens with one attached hydrogen (secondary N) is 1. The Hall–Kier alpha value is -1.84. The second kappa shape index (κ2) is 7.25. The Kier molecular flexibility index (Phi) is 5.37. The molecule has 0 aliphatic rings. The second-order valence-electron chi connectivity index (χ2n) is 5.04. The lowest BCUT2D eigenvalue weighted by Crippen LogP contribution is -2.18. The third kappa shape index (κ3) is 4.88. The molecule has 110 valence electrons. The lowest BCUT2D eigenvalue weighted by atomic mass is 10.1. The van der Waals surface area contributed by atoms with Crippen molar-refractivity contribution >= 4 is 17.6 Å². The van der Waals surface area contributed by atoms with Gasteiger partial charge in [-0.2, -0.15) is 0 Å². The van der Waals surface area contributed by atoms with Gasteiger partial charge in [-0.15, -0.1) is 0 Å². The van der Waals surface area contributed by atoms with Gasteiger partial charge in [0.2, 0.25) is 0 Å². The van der Waals surface area contributed by atoms with Gasteiger partial charge in [-0.05, 0) is 35.7 Å². The van der Waals surface area contributed by atoms with Crippen molar-refractivity contribution in [3.8, 4) is 0 Å². The van der Waals surface area contributed by atoms with E-state index in [9.17, 15) is 4.79 Å². The molecule has 2 rings (SSSR count). The van der Waals surface area contributed by atoms with Gasteiger partial charge in [0, 0.05) is 17.6 Å². The first-order valence-electron chi connectivity index (χ1n) is 6.83. The maximum Gasteiger partial charge on any atom is 0.307 e. The lowest BCUT2D eigenvalue weighted by molar-refractivity contribution is -0.136. The van der Waals surface area contributed by atoms with Crippen molar-refractivity contribution in [2.24, 2.45) is 0 Å². The molecule has 0 aliphatic carbocycles. The van der Waals surface area contributed by atoms with Crippen LogP contribution in [-0.4, -0.2) is 11.1 Å². The van der Waals surface area contributed by atoms with E-state index in [1.54, 1.807) is 0 Å². The van der Waals surface area contributed by atoms with E-state index in [0.29, 0.717) is 0 Å². The van der Waals surface area contributed by atoms with Gasteiger partial charge in [0.1, 0.15) is 0 Å². The molecular formula is C17H18ClNO2. The Bertz CT molecular complexity index is 610. The molecule has 4 heteroatoms. The summed E-state index contributed by atoms with van der Waals surface area (Å²) in [7, 11) is 0. The molecule has 0 aromatic heterocycles. The van der Waals surface area contributed by atoms with Gasteiger partial charge in [-0.25, -0.2) is 0 Å². The fourth-order valence-electron chi connectivity index (χ4n) is 2.11. The lowest BCUT2D eigenvalue weighted by Gasteiger charge is -2.14. The van der Waals surface area contributed by atoms with Crippen LogP contribution in [0.4, 0.5) is 0 Å². The predicted molar refractivity (Wildman–Crippen MR) is 84.5 cm³/mol. The zero-order chi connectivity index (χ0) is 15.2. The molecule has 1 atom stereocenters. The van der Waals surface area contributed by atoms with Crippen molar-refractivity contribution in [1.29, 1.82) is 0 Å². The zero-order valence-corrected chi connectivity index (χ0v) is 12.6. The smallest absolute Gasteiger partial charge is 0.307 e. The van der Waals surface area contributed by atoms with Crippen molar-refractivity contribution in [3.63, 3.8) is 0 Å². The highest BCUT2D eigenvalue weighted by Crippen LogP contribution is 2.17. The molecule has 0 amide bonds. The van der Waals surface area contributed by atoms with E-state index in [1.165, 1.54) is 0 Å². The maximum atomic E-state index is 10.6. The van der Waals surface area contributed by atoms with Crippen LogP contribution in [0, 0.1) is 0 Å². The first-order valence-corrected chi connectivity index (χ1v) is 7.21. The van der Waals surface area contributed by atoms with Crippen molar-refractivity contribution in [2.75, 3.05) is 0 Å². The Morgan fingerprint density at radius 2 is 1.86 bits per heavy atom. The molecule has 0 aliphatic heterocycles. The SMILES string of the molecule is C[C@@H](NCc1ccc(CC(=O)O)cc1)c1cccc(Cl)c1. The summed E-state index contributed by atoms with van der Waals surface area (Å²) in [4.78, 5) is 10.6. The number of carboxylic acid groups (broad SMARTS) is 1. The van der Waals surface area contributed by atoms with Crippen molar-refractivity contribution in [3.05, 3.63) is 70.2 Å². The fourth-order valence-corrected chi connectivity index (χ4v) is 2.31. The van der Waals surface area contributed by atoms with Crippen LogP contribution in [0.1, 0.15) is 29.7 Å². The van der Waals surface area contributed by atoms with E-state index in [2.05, 4.69) is 12.2 Å². The molecule has 2 N–H and O–H groups in total. The van der Waals surface area contributed by atoms with Crippen molar-refractivity contribution in [1.82, 2.24) is 5.32 Å². The van der Waals surface area contributed by atoms with E-state index in [1.807, 2.05) is 48.5 Å². The van der Waals surface area contributed by atoms with Crippen molar-refractivity contribution in [2.45, 2.75) is 25.9 Å². The van der Waals surface area contributed by atoms with Gasteiger partial charge in [-0.3, -0.25) is 4.79 Å². The molecule has 0 saturated heterocycles. The summed E-state index contributed by atoms with van der Waals surface area (Å²) < 4.78 is 0. The van der Waals surface area contributed by atoms with Gasteiger partial charge in [0.25, 0.3) is 0 Å². The van der Waals surface area contributed by atoms with Crippen LogP contribution in [0.2, 0.25) is 5.02 Å². The third-order valence-corrected chi connectivity index (χ3v) is 3.57. The van der Waals surface area contributed by atoms with E-state index in [-0.39, 0.29) is 12.5 Å². The number of benzene rings is 2. The molecule has 2 aromatic carbocycles. The maximum absolute atomic E-state index is 10.6. The quantitative estimate of drug-likeness (QED) is 0.853. The zero-order valence-electron chi connectivity index (χ0n) is 11.8. The molecule has 0 saturated carbocycles. The van der Waals surface area contributed by atoms with Crippen LogP contribution in [0.5, 0.6) is 0 Å². The van der Waals surface area contributed by atoms with Gasteiger partial charge in [0.15, 0.2) is 0 Å². The Morgan fingerprint density at radius 1 is 1.19 bits per heavy atom. The number of carbonyl (C=O) groups is 1. The van der Waals surface area contributed by atoms with E-state index < -0.39 is 5.97 Å². The Morgan fingerprint density at radius 3 is 2.48 bits per heavy atom. The fraction of sp³-hybridized carbons (Fsp3) is 0.235. The largest absolute Gasteiger partial charge is 0.481 e. The second-order valence-corrected chi connectivity index (χ2v) is 5.48. The summed E-state index contributed by atoms with van der Waals surface area (Å²) in [6.07, 6.45) is 0.0621. The Labute approximate surface area is 129 Å². The predicted octanol–water partition coefficient (Wildman–Crippen LogP) is 3.82. The number of carboxylic acids is 1. The minimum atomic E-state index is -0.810. The molecule has 3 nitrogen and oxygen atoms in total. The first kappa shape index (κ1) is 15.5. The van der Waals surface area contributed by atoms with Gasteiger partial charge in [0.05, 0.1) is 6.42 Å². The van der Waals surface area contributed by atoms with Gasteiger partial charge < -0.3 is 10.4 Å². The molecule has 0 radical (unpaired) electrons. The molecule has 0 spiro atoms. The van der Waals surface area contributed by atoms with Crippen LogP contribution in [0.3, 0.4) is 0 Å². The van der Waals surface area contributed by atoms with Crippen LogP contribution in [0.25, 0.3) is 0 Å². The van der Waals surface area contributed by atoms with E-state index in [4.69, 9.17) is 16.7 Å². The number of rotatable bonds is 6.